The largest absolute Gasteiger partial charge is 0.394 e. The maximum absolute atomic E-state index is 12.3. The molecule has 48 heavy (non-hydrogen) atoms. The highest BCUT2D eigenvalue weighted by Crippen LogP contribution is 2.14. The number of nitrogens with one attached hydrogen (secondary N) is 1. The summed E-state index contributed by atoms with van der Waals surface area (Å²) in [5.74, 6) is -0.0751. The van der Waals surface area contributed by atoms with Crippen LogP contribution in [0.3, 0.4) is 0 Å². The van der Waals surface area contributed by atoms with Gasteiger partial charge in [-0.2, -0.15) is 0 Å². The van der Waals surface area contributed by atoms with Crippen molar-refractivity contribution >= 4 is 5.91 Å². The summed E-state index contributed by atoms with van der Waals surface area (Å²) in [6.07, 6.45) is 52.6. The van der Waals surface area contributed by atoms with Crippen LogP contribution in [-0.4, -0.2) is 34.9 Å². The normalized spacial score (nSPS) is 13.3. The van der Waals surface area contributed by atoms with Crippen LogP contribution in [0.15, 0.2) is 36.5 Å². The van der Waals surface area contributed by atoms with Gasteiger partial charge in [0.1, 0.15) is 0 Å². The first-order valence-electron chi connectivity index (χ1n) is 21.2. The highest BCUT2D eigenvalue weighted by atomic mass is 16.3. The molecule has 3 N–H and O–H groups in total. The Morgan fingerprint density at radius 3 is 1.21 bits per heavy atom. The summed E-state index contributed by atoms with van der Waals surface area (Å²) < 4.78 is 0. The number of carbonyl (C=O) groups is 1. The van der Waals surface area contributed by atoms with E-state index < -0.39 is 12.1 Å². The molecule has 4 nitrogen and oxygen atoms in total. The molecule has 0 spiro atoms. The molecule has 0 aromatic rings. The number of carbonyl (C=O) groups excluding carboxylic acids is 1. The standard InChI is InChI=1S/C44H83NO3/c1-3-5-7-9-11-13-15-16-17-18-19-20-21-22-23-24-25-26-27-28-30-32-34-36-38-40-44(48)45-42(41-46)43(47)39-37-35-33-31-29-14-12-10-8-6-4-2/h18-19,29,31,37,39,42-43,46-47H,3-17,20-28,30,32-36,38,40-41H2,1-2H3,(H,45,48)/b19-18-,31-29+,39-37+. The van der Waals surface area contributed by atoms with E-state index >= 15 is 0 Å². The van der Waals surface area contributed by atoms with Crippen molar-refractivity contribution < 1.29 is 15.0 Å². The molecule has 2 unspecified atom stereocenters. The van der Waals surface area contributed by atoms with Gasteiger partial charge >= 0.3 is 0 Å². The Balaban J connectivity index is 3.52. The third kappa shape index (κ3) is 35.9. The molecule has 0 fully saturated rings. The third-order valence-electron chi connectivity index (χ3n) is 9.60. The average Bonchev–Trinajstić information content (AvgIpc) is 3.09. The van der Waals surface area contributed by atoms with E-state index in [-0.39, 0.29) is 12.5 Å². The van der Waals surface area contributed by atoms with E-state index in [1.165, 1.54) is 167 Å². The van der Waals surface area contributed by atoms with Gasteiger partial charge in [0.2, 0.25) is 5.91 Å². The van der Waals surface area contributed by atoms with E-state index in [2.05, 4.69) is 43.5 Å². The van der Waals surface area contributed by atoms with Crippen LogP contribution in [-0.2, 0) is 4.79 Å². The summed E-state index contributed by atoms with van der Waals surface area (Å²) >= 11 is 0. The van der Waals surface area contributed by atoms with Crippen LogP contribution in [0.1, 0.15) is 219 Å². The summed E-state index contributed by atoms with van der Waals surface area (Å²) in [6.45, 7) is 4.27. The van der Waals surface area contributed by atoms with Gasteiger partial charge in [0.05, 0.1) is 18.8 Å². The molecule has 0 aliphatic rings. The van der Waals surface area contributed by atoms with Crippen LogP contribution in [0.25, 0.3) is 0 Å². The SMILES string of the molecule is CCCCCCC/C=C/CC/C=C/C(O)C(CO)NC(=O)CCCCCCCCCCCCCCC/C=C\CCCCCCCCCC. The molecular formula is C44H83NO3. The molecular weight excluding hydrogens is 590 g/mol. The molecule has 0 bridgehead atoms. The molecule has 0 heterocycles. The maximum Gasteiger partial charge on any atom is 0.220 e. The van der Waals surface area contributed by atoms with Gasteiger partial charge < -0.3 is 15.5 Å². The number of aliphatic hydroxyl groups is 2. The summed E-state index contributed by atoms with van der Waals surface area (Å²) in [5, 5.41) is 22.9. The van der Waals surface area contributed by atoms with Crippen LogP contribution in [0.2, 0.25) is 0 Å². The number of aliphatic hydroxyl groups excluding tert-OH is 2. The van der Waals surface area contributed by atoms with Crippen molar-refractivity contribution in [2.45, 2.75) is 231 Å². The van der Waals surface area contributed by atoms with Crippen LogP contribution >= 0.6 is 0 Å². The maximum atomic E-state index is 12.3. The van der Waals surface area contributed by atoms with Crippen LogP contribution in [0.4, 0.5) is 0 Å². The van der Waals surface area contributed by atoms with E-state index in [0.29, 0.717) is 6.42 Å². The fraction of sp³-hybridized carbons (Fsp3) is 0.841. The second kappa shape index (κ2) is 40.0. The zero-order valence-electron chi connectivity index (χ0n) is 32.3. The Bertz CT molecular complexity index is 731. The predicted molar refractivity (Wildman–Crippen MR) is 212 cm³/mol. The zero-order valence-corrected chi connectivity index (χ0v) is 32.3. The molecule has 282 valence electrons. The summed E-state index contributed by atoms with van der Waals surface area (Å²) in [5.41, 5.74) is 0. The molecule has 0 aliphatic carbocycles. The van der Waals surface area contributed by atoms with Crippen molar-refractivity contribution in [1.29, 1.82) is 0 Å². The fourth-order valence-electron chi connectivity index (χ4n) is 6.31. The van der Waals surface area contributed by atoms with Gasteiger partial charge in [-0.25, -0.2) is 0 Å². The highest BCUT2D eigenvalue weighted by Gasteiger charge is 2.17. The van der Waals surface area contributed by atoms with Gasteiger partial charge in [-0.1, -0.05) is 192 Å². The Kier molecular flexibility index (Phi) is 38.9. The number of amides is 1. The topological polar surface area (TPSA) is 69.6 Å². The lowest BCUT2D eigenvalue weighted by Gasteiger charge is -2.19. The minimum Gasteiger partial charge on any atom is -0.394 e. The van der Waals surface area contributed by atoms with Crippen molar-refractivity contribution in [3.8, 4) is 0 Å². The van der Waals surface area contributed by atoms with Gasteiger partial charge in [-0.05, 0) is 57.8 Å². The number of hydrogen-bond acceptors (Lipinski definition) is 3. The molecule has 0 rings (SSSR count). The van der Waals surface area contributed by atoms with Crippen LogP contribution in [0.5, 0.6) is 0 Å². The molecule has 0 aromatic carbocycles. The lowest BCUT2D eigenvalue weighted by molar-refractivity contribution is -0.123. The Labute approximate surface area is 300 Å². The zero-order chi connectivity index (χ0) is 35.0. The third-order valence-corrected chi connectivity index (χ3v) is 9.60. The fourth-order valence-corrected chi connectivity index (χ4v) is 6.31. The highest BCUT2D eigenvalue weighted by molar-refractivity contribution is 5.76. The predicted octanol–water partition coefficient (Wildman–Crippen LogP) is 13.0. The van der Waals surface area contributed by atoms with Crippen molar-refractivity contribution in [3.05, 3.63) is 36.5 Å². The second-order valence-corrected chi connectivity index (χ2v) is 14.4. The number of rotatable bonds is 38. The molecule has 0 saturated heterocycles. The van der Waals surface area contributed by atoms with E-state index in [4.69, 9.17) is 0 Å². The second-order valence-electron chi connectivity index (χ2n) is 14.4. The molecule has 1 amide bonds. The Morgan fingerprint density at radius 1 is 0.479 bits per heavy atom. The lowest BCUT2D eigenvalue weighted by atomic mass is 10.0. The Hall–Kier alpha value is -1.39. The van der Waals surface area contributed by atoms with E-state index in [0.717, 1.165) is 32.1 Å². The van der Waals surface area contributed by atoms with E-state index in [9.17, 15) is 15.0 Å². The van der Waals surface area contributed by atoms with Gasteiger partial charge in [0.15, 0.2) is 0 Å². The van der Waals surface area contributed by atoms with Crippen molar-refractivity contribution in [1.82, 2.24) is 5.32 Å². The van der Waals surface area contributed by atoms with Gasteiger partial charge in [-0.15, -0.1) is 0 Å². The molecule has 2 atom stereocenters. The van der Waals surface area contributed by atoms with Crippen molar-refractivity contribution in [2.75, 3.05) is 6.61 Å². The molecule has 0 aliphatic heterocycles. The van der Waals surface area contributed by atoms with Crippen molar-refractivity contribution in [3.63, 3.8) is 0 Å². The first kappa shape index (κ1) is 46.6. The lowest BCUT2D eigenvalue weighted by Crippen LogP contribution is -2.45. The van der Waals surface area contributed by atoms with Crippen molar-refractivity contribution in [2.24, 2.45) is 0 Å². The first-order valence-corrected chi connectivity index (χ1v) is 21.2. The number of allylic oxidation sites excluding steroid dienone is 5. The smallest absolute Gasteiger partial charge is 0.220 e. The van der Waals surface area contributed by atoms with Gasteiger partial charge in [0.25, 0.3) is 0 Å². The van der Waals surface area contributed by atoms with Crippen LogP contribution in [0, 0.1) is 0 Å². The average molecular weight is 674 g/mol. The molecule has 0 saturated carbocycles. The first-order chi connectivity index (χ1) is 23.7. The number of hydrogen-bond donors (Lipinski definition) is 3. The minimum absolute atomic E-state index is 0.0751. The molecule has 4 heteroatoms. The van der Waals surface area contributed by atoms with Gasteiger partial charge in [-0.3, -0.25) is 4.79 Å². The van der Waals surface area contributed by atoms with E-state index in [1.807, 2.05) is 6.08 Å². The minimum atomic E-state index is -0.858. The quantitative estimate of drug-likeness (QED) is 0.0451. The summed E-state index contributed by atoms with van der Waals surface area (Å²) in [7, 11) is 0. The molecule has 0 radical (unpaired) electrons. The monoisotopic (exact) mass is 674 g/mol. The van der Waals surface area contributed by atoms with Crippen LogP contribution < -0.4 is 5.32 Å². The van der Waals surface area contributed by atoms with E-state index in [1.54, 1.807) is 6.08 Å². The summed E-state index contributed by atoms with van der Waals surface area (Å²) in [6, 6.07) is -0.635. The number of unbranched alkanes of at least 4 members (excludes halogenated alkanes) is 27. The Morgan fingerprint density at radius 2 is 0.812 bits per heavy atom. The molecule has 0 aromatic heterocycles. The van der Waals surface area contributed by atoms with Gasteiger partial charge in [0, 0.05) is 6.42 Å². The summed E-state index contributed by atoms with van der Waals surface area (Å²) in [4.78, 5) is 12.3.